The van der Waals surface area contributed by atoms with Crippen molar-refractivity contribution in [2.75, 3.05) is 13.6 Å². The molecule has 2 heterocycles. The minimum Gasteiger partial charge on any atom is -0.386 e. The van der Waals surface area contributed by atoms with Gasteiger partial charge in [-0.25, -0.2) is 8.78 Å². The van der Waals surface area contributed by atoms with Gasteiger partial charge in [-0.3, -0.25) is 0 Å². The molecule has 3 unspecified atom stereocenters. The summed E-state index contributed by atoms with van der Waals surface area (Å²) in [4.78, 5) is 2.40. The van der Waals surface area contributed by atoms with Crippen molar-refractivity contribution in [3.63, 3.8) is 0 Å². The minimum absolute atomic E-state index is 0.00544. The van der Waals surface area contributed by atoms with E-state index in [1.165, 1.54) is 12.8 Å². The number of nitrogens with one attached hydrogen (secondary N) is 1. The maximum Gasteiger partial charge on any atom is 0.265 e. The number of nitrogens with zero attached hydrogens (tertiary/aromatic N) is 1. The van der Waals surface area contributed by atoms with Crippen molar-refractivity contribution in [2.24, 2.45) is 0 Å². The third-order valence-electron chi connectivity index (χ3n) is 4.00. The summed E-state index contributed by atoms with van der Waals surface area (Å²) in [6, 6.07) is 1.49. The lowest BCUT2D eigenvalue weighted by Crippen LogP contribution is -2.49. The second kappa shape index (κ2) is 4.94. The van der Waals surface area contributed by atoms with Crippen molar-refractivity contribution in [2.45, 2.75) is 56.3 Å². The monoisotopic (exact) mass is 234 g/mol. The maximum absolute atomic E-state index is 12.1. The minimum atomic E-state index is -2.64. The van der Waals surface area contributed by atoms with E-state index in [0.717, 1.165) is 12.8 Å². The second-order valence-electron chi connectivity index (χ2n) is 5.03. The van der Waals surface area contributed by atoms with Crippen molar-refractivity contribution < 1.29 is 13.9 Å². The zero-order valence-corrected chi connectivity index (χ0v) is 9.57. The quantitative estimate of drug-likeness (QED) is 0.756. The molecule has 0 amide bonds. The summed E-state index contributed by atoms with van der Waals surface area (Å²) in [5, 5.41) is 12.1. The third-order valence-corrected chi connectivity index (χ3v) is 4.00. The molecule has 5 heteroatoms. The number of rotatable bonds is 4. The molecule has 2 aliphatic rings. The molecule has 16 heavy (non-hydrogen) atoms. The van der Waals surface area contributed by atoms with E-state index < -0.39 is 12.5 Å². The van der Waals surface area contributed by atoms with Gasteiger partial charge in [0.2, 0.25) is 0 Å². The van der Waals surface area contributed by atoms with E-state index in [4.69, 9.17) is 5.11 Å². The van der Waals surface area contributed by atoms with Crippen LogP contribution in [0.3, 0.4) is 0 Å². The molecule has 3 atom stereocenters. The van der Waals surface area contributed by atoms with Gasteiger partial charge >= 0.3 is 0 Å². The number of halogens is 2. The molecule has 0 spiro atoms. The van der Waals surface area contributed by atoms with Crippen LogP contribution in [0.2, 0.25) is 0 Å². The number of aliphatic hydroxyl groups is 1. The number of hydrogen-bond acceptors (Lipinski definition) is 3. The average molecular weight is 234 g/mol. The summed E-state index contributed by atoms with van der Waals surface area (Å²) in [5.74, 6) is 0. The van der Waals surface area contributed by atoms with E-state index in [1.807, 2.05) is 0 Å². The van der Waals surface area contributed by atoms with Crippen LogP contribution >= 0.6 is 0 Å². The SMILES string of the molecule is CN1C2CCC1CC(NCC(O)C(F)F)C2. The Morgan fingerprint density at radius 1 is 1.31 bits per heavy atom. The van der Waals surface area contributed by atoms with Gasteiger partial charge in [-0.15, -0.1) is 0 Å². The second-order valence-corrected chi connectivity index (χ2v) is 5.03. The van der Waals surface area contributed by atoms with Crippen molar-refractivity contribution in [1.82, 2.24) is 10.2 Å². The highest BCUT2D eigenvalue weighted by Gasteiger charge is 2.38. The summed E-state index contributed by atoms with van der Waals surface area (Å²) < 4.78 is 24.2. The zero-order valence-electron chi connectivity index (χ0n) is 9.57. The maximum atomic E-state index is 12.1. The fraction of sp³-hybridized carbons (Fsp3) is 1.00. The highest BCUT2D eigenvalue weighted by Crippen LogP contribution is 2.34. The molecular formula is C11H20F2N2O. The molecule has 0 radical (unpaired) electrons. The number of alkyl halides is 2. The number of aliphatic hydroxyl groups excluding tert-OH is 1. The Morgan fingerprint density at radius 3 is 2.38 bits per heavy atom. The van der Waals surface area contributed by atoms with Gasteiger partial charge in [0, 0.05) is 24.7 Å². The summed E-state index contributed by atoms with van der Waals surface area (Å²) in [7, 11) is 2.15. The molecule has 0 aromatic heterocycles. The Hall–Kier alpha value is -0.260. The van der Waals surface area contributed by atoms with Crippen molar-refractivity contribution in [1.29, 1.82) is 0 Å². The third kappa shape index (κ3) is 2.52. The van der Waals surface area contributed by atoms with Crippen LogP contribution in [-0.4, -0.2) is 54.3 Å². The highest BCUT2D eigenvalue weighted by molar-refractivity contribution is 4.96. The van der Waals surface area contributed by atoms with Crippen LogP contribution in [0.4, 0.5) is 8.78 Å². The molecule has 3 nitrogen and oxygen atoms in total. The van der Waals surface area contributed by atoms with Crippen LogP contribution < -0.4 is 5.32 Å². The van der Waals surface area contributed by atoms with Gasteiger partial charge in [0.05, 0.1) is 0 Å². The smallest absolute Gasteiger partial charge is 0.265 e. The molecule has 0 saturated carbocycles. The Kier molecular flexibility index (Phi) is 3.77. The Bertz CT molecular complexity index is 226. The number of hydrogen-bond donors (Lipinski definition) is 2. The lowest BCUT2D eigenvalue weighted by molar-refractivity contribution is -0.00645. The van der Waals surface area contributed by atoms with E-state index >= 15 is 0 Å². The fourth-order valence-corrected chi connectivity index (χ4v) is 2.95. The van der Waals surface area contributed by atoms with Crippen molar-refractivity contribution in [3.05, 3.63) is 0 Å². The van der Waals surface area contributed by atoms with Crippen LogP contribution in [0.25, 0.3) is 0 Å². The summed E-state index contributed by atoms with van der Waals surface area (Å²) >= 11 is 0. The van der Waals surface area contributed by atoms with Crippen LogP contribution in [0.15, 0.2) is 0 Å². The number of piperidine rings is 1. The lowest BCUT2D eigenvalue weighted by Gasteiger charge is -2.37. The van der Waals surface area contributed by atoms with Gasteiger partial charge in [0.15, 0.2) is 0 Å². The van der Waals surface area contributed by atoms with Gasteiger partial charge in [-0.1, -0.05) is 0 Å². The Morgan fingerprint density at radius 2 is 1.88 bits per heavy atom. The van der Waals surface area contributed by atoms with E-state index in [0.29, 0.717) is 18.1 Å². The van der Waals surface area contributed by atoms with E-state index in [-0.39, 0.29) is 6.54 Å². The topological polar surface area (TPSA) is 35.5 Å². The predicted molar refractivity (Wildman–Crippen MR) is 57.6 cm³/mol. The first-order valence-corrected chi connectivity index (χ1v) is 5.99. The molecule has 2 rings (SSSR count). The molecule has 0 aliphatic carbocycles. The molecule has 2 bridgehead atoms. The summed E-state index contributed by atoms with van der Waals surface area (Å²) in [6.07, 6.45) is 0.298. The molecule has 0 aromatic rings. The molecule has 2 aliphatic heterocycles. The van der Waals surface area contributed by atoms with Crippen LogP contribution in [0.1, 0.15) is 25.7 Å². The highest BCUT2D eigenvalue weighted by atomic mass is 19.3. The van der Waals surface area contributed by atoms with Crippen molar-refractivity contribution in [3.8, 4) is 0 Å². The van der Waals surface area contributed by atoms with Gasteiger partial charge in [0.1, 0.15) is 6.10 Å². The van der Waals surface area contributed by atoms with Gasteiger partial charge in [-0.2, -0.15) is 0 Å². The van der Waals surface area contributed by atoms with Crippen molar-refractivity contribution >= 4 is 0 Å². The first-order chi connectivity index (χ1) is 7.58. The average Bonchev–Trinajstić information content (AvgIpc) is 2.51. The molecule has 2 N–H and O–H groups in total. The largest absolute Gasteiger partial charge is 0.386 e. The molecular weight excluding hydrogens is 214 g/mol. The first-order valence-electron chi connectivity index (χ1n) is 5.99. The van der Waals surface area contributed by atoms with Crippen LogP contribution in [0.5, 0.6) is 0 Å². The Balaban J connectivity index is 1.76. The van der Waals surface area contributed by atoms with E-state index in [9.17, 15) is 8.78 Å². The lowest BCUT2D eigenvalue weighted by atomic mass is 9.98. The zero-order chi connectivity index (χ0) is 11.7. The van der Waals surface area contributed by atoms with E-state index in [2.05, 4.69) is 17.3 Å². The van der Waals surface area contributed by atoms with Crippen LogP contribution in [-0.2, 0) is 0 Å². The summed E-state index contributed by atoms with van der Waals surface area (Å²) in [6.45, 7) is 0.00544. The van der Waals surface area contributed by atoms with E-state index in [1.54, 1.807) is 0 Å². The molecule has 94 valence electrons. The van der Waals surface area contributed by atoms with Gasteiger partial charge < -0.3 is 15.3 Å². The van der Waals surface area contributed by atoms with Gasteiger partial charge in [0.25, 0.3) is 6.43 Å². The standard InChI is InChI=1S/C11H20F2N2O/c1-15-8-2-3-9(15)5-7(4-8)14-6-10(16)11(12)13/h7-11,14,16H,2-6H2,1H3. The normalized spacial score (nSPS) is 36.9. The van der Waals surface area contributed by atoms with Crippen LogP contribution in [0, 0.1) is 0 Å². The summed E-state index contributed by atoms with van der Waals surface area (Å²) in [5.41, 5.74) is 0. The van der Waals surface area contributed by atoms with Gasteiger partial charge in [-0.05, 0) is 32.7 Å². The molecule has 0 aromatic carbocycles. The Labute approximate surface area is 94.8 Å². The first kappa shape index (κ1) is 12.2. The fourth-order valence-electron chi connectivity index (χ4n) is 2.95. The molecule has 2 saturated heterocycles. The predicted octanol–water partition coefficient (Wildman–Crippen LogP) is 0.827. The number of fused-ring (bicyclic) bond motifs is 2. The molecule has 2 fully saturated rings.